The fourth-order valence-corrected chi connectivity index (χ4v) is 3.03. The Balaban J connectivity index is 1.80. The number of hydrogen-bond acceptors (Lipinski definition) is 7. The fourth-order valence-electron chi connectivity index (χ4n) is 3.03. The summed E-state index contributed by atoms with van der Waals surface area (Å²) < 4.78 is 2.05. The van der Waals surface area contributed by atoms with Gasteiger partial charge in [0.05, 0.1) is 6.21 Å². The van der Waals surface area contributed by atoms with E-state index >= 15 is 0 Å². The molecule has 0 bridgehead atoms. The van der Waals surface area contributed by atoms with Gasteiger partial charge in [0.25, 0.3) is 5.95 Å². The minimum Gasteiger partial charge on any atom is -0.479 e. The molecule has 1 aromatic carbocycles. The van der Waals surface area contributed by atoms with Gasteiger partial charge in [-0.1, -0.05) is 32.0 Å². The summed E-state index contributed by atoms with van der Waals surface area (Å²) in [7, 11) is 2.00. The van der Waals surface area contributed by atoms with Gasteiger partial charge in [0.15, 0.2) is 0 Å². The smallest absolute Gasteiger partial charge is 0.320 e. The predicted octanol–water partition coefficient (Wildman–Crippen LogP) is 3.14. The Labute approximate surface area is 158 Å². The molecule has 0 fully saturated rings. The summed E-state index contributed by atoms with van der Waals surface area (Å²) in [6.45, 7) is 5.82. The van der Waals surface area contributed by atoms with Crippen LogP contribution in [0.15, 0.2) is 35.6 Å². The van der Waals surface area contributed by atoms with E-state index in [0.717, 1.165) is 42.4 Å². The van der Waals surface area contributed by atoms with Gasteiger partial charge in [-0.2, -0.15) is 20.1 Å². The van der Waals surface area contributed by atoms with Crippen molar-refractivity contribution in [2.24, 2.45) is 12.1 Å². The molecule has 8 heteroatoms. The molecule has 3 rings (SSSR count). The molecule has 0 saturated carbocycles. The van der Waals surface area contributed by atoms with Crippen molar-refractivity contribution < 1.29 is 5.11 Å². The molecule has 8 nitrogen and oxygen atoms in total. The maximum Gasteiger partial charge on any atom is 0.320 e. The van der Waals surface area contributed by atoms with Crippen LogP contribution in [0.4, 0.5) is 11.9 Å². The molecule has 0 saturated heterocycles. The van der Waals surface area contributed by atoms with Crippen molar-refractivity contribution in [2.45, 2.75) is 26.7 Å². The highest BCUT2D eigenvalue weighted by Crippen LogP contribution is 2.19. The molecule has 0 atom stereocenters. The molecule has 0 spiro atoms. The number of rotatable bonds is 8. The number of nitrogens with zero attached hydrogens (tertiary/aromatic N) is 6. The number of aromatic hydroxyl groups is 1. The number of aryl methyl sites for hydroxylation is 1. The summed E-state index contributed by atoms with van der Waals surface area (Å²) in [4.78, 5) is 14.4. The lowest BCUT2D eigenvalue weighted by molar-refractivity contribution is 0.428. The van der Waals surface area contributed by atoms with Gasteiger partial charge in [-0.25, -0.2) is 5.43 Å². The van der Waals surface area contributed by atoms with E-state index in [-0.39, 0.29) is 12.0 Å². The zero-order valence-corrected chi connectivity index (χ0v) is 15.9. The molecule has 27 heavy (non-hydrogen) atoms. The van der Waals surface area contributed by atoms with Crippen LogP contribution in [-0.4, -0.2) is 43.9 Å². The minimum atomic E-state index is -0.319. The molecule has 3 aromatic rings. The van der Waals surface area contributed by atoms with E-state index in [9.17, 15) is 5.11 Å². The SMILES string of the molecule is CCCN(CCC)c1nc(O)nc(N/N=C/c2cn(C)c3ccccc23)n1. The maximum absolute atomic E-state index is 9.86. The van der Waals surface area contributed by atoms with Gasteiger partial charge in [0.2, 0.25) is 5.95 Å². The lowest BCUT2D eigenvalue weighted by Gasteiger charge is -2.21. The summed E-state index contributed by atoms with van der Waals surface area (Å²) in [5.74, 6) is 0.667. The molecule has 142 valence electrons. The second-order valence-electron chi connectivity index (χ2n) is 6.33. The first-order valence-corrected chi connectivity index (χ1v) is 9.15. The number of anilines is 2. The first-order chi connectivity index (χ1) is 13.1. The molecule has 0 aliphatic rings. The fraction of sp³-hybridized carbons (Fsp3) is 0.368. The van der Waals surface area contributed by atoms with Gasteiger partial charge in [0.1, 0.15) is 0 Å². The molecule has 2 heterocycles. The average Bonchev–Trinajstić information content (AvgIpc) is 2.97. The van der Waals surface area contributed by atoms with Crippen LogP contribution >= 0.6 is 0 Å². The lowest BCUT2D eigenvalue weighted by atomic mass is 10.2. The predicted molar refractivity (Wildman–Crippen MR) is 108 cm³/mol. The first-order valence-electron chi connectivity index (χ1n) is 9.15. The number of nitrogens with one attached hydrogen (secondary N) is 1. The zero-order valence-electron chi connectivity index (χ0n) is 15.9. The minimum absolute atomic E-state index is 0.214. The van der Waals surface area contributed by atoms with Crippen LogP contribution in [0.2, 0.25) is 0 Å². The second-order valence-corrected chi connectivity index (χ2v) is 6.33. The number of fused-ring (bicyclic) bond motifs is 1. The van der Waals surface area contributed by atoms with Gasteiger partial charge >= 0.3 is 6.01 Å². The third-order valence-electron chi connectivity index (χ3n) is 4.18. The average molecular weight is 367 g/mol. The molecule has 0 unspecified atom stereocenters. The topological polar surface area (TPSA) is 91.5 Å². The molecule has 2 N–H and O–H groups in total. The van der Waals surface area contributed by atoms with Gasteiger partial charge in [0, 0.05) is 42.8 Å². The van der Waals surface area contributed by atoms with E-state index in [1.807, 2.05) is 30.3 Å². The molecular weight excluding hydrogens is 342 g/mol. The van der Waals surface area contributed by atoms with Crippen molar-refractivity contribution in [1.82, 2.24) is 19.5 Å². The van der Waals surface area contributed by atoms with E-state index in [4.69, 9.17) is 0 Å². The van der Waals surface area contributed by atoms with Crippen LogP contribution < -0.4 is 10.3 Å². The quantitative estimate of drug-likeness (QED) is 0.469. The highest BCUT2D eigenvalue weighted by atomic mass is 16.3. The van der Waals surface area contributed by atoms with Crippen molar-refractivity contribution in [3.05, 3.63) is 36.0 Å². The molecule has 2 aromatic heterocycles. The number of hydrogen-bond donors (Lipinski definition) is 2. The van der Waals surface area contributed by atoms with Crippen molar-refractivity contribution in [1.29, 1.82) is 0 Å². The summed E-state index contributed by atoms with van der Waals surface area (Å²) >= 11 is 0. The highest BCUT2D eigenvalue weighted by Gasteiger charge is 2.12. The number of hydrazone groups is 1. The van der Waals surface area contributed by atoms with E-state index < -0.39 is 0 Å². The number of benzene rings is 1. The van der Waals surface area contributed by atoms with Crippen molar-refractivity contribution in [3.63, 3.8) is 0 Å². The van der Waals surface area contributed by atoms with Gasteiger partial charge in [-0.05, 0) is 18.9 Å². The van der Waals surface area contributed by atoms with E-state index in [1.54, 1.807) is 6.21 Å². The van der Waals surface area contributed by atoms with E-state index in [2.05, 4.69) is 56.0 Å². The molecule has 0 aliphatic carbocycles. The van der Waals surface area contributed by atoms with Crippen molar-refractivity contribution in [2.75, 3.05) is 23.4 Å². The number of aromatic nitrogens is 4. The summed E-state index contributed by atoms with van der Waals surface area (Å²) in [6, 6.07) is 7.80. The third kappa shape index (κ3) is 4.33. The Morgan fingerprint density at radius 3 is 2.63 bits per heavy atom. The van der Waals surface area contributed by atoms with Crippen LogP contribution in [-0.2, 0) is 7.05 Å². The standard InChI is InChI=1S/C19H25N7O/c1-4-10-26(11-5-2)18-21-17(22-19(27)23-18)24-20-12-14-13-25(3)16-9-7-6-8-15(14)16/h6-9,12-13H,4-5,10-11H2,1-3H3,(H2,21,22,23,24,27)/b20-12+. The van der Waals surface area contributed by atoms with Gasteiger partial charge in [-0.3, -0.25) is 0 Å². The van der Waals surface area contributed by atoms with Crippen molar-refractivity contribution in [3.8, 4) is 6.01 Å². The first kappa shape index (κ1) is 18.6. The molecule has 0 amide bonds. The van der Waals surface area contributed by atoms with Gasteiger partial charge in [-0.15, -0.1) is 0 Å². The maximum atomic E-state index is 9.86. The molecule has 0 aliphatic heterocycles. The third-order valence-corrected chi connectivity index (χ3v) is 4.18. The zero-order chi connectivity index (χ0) is 19.2. The second kappa shape index (κ2) is 8.48. The van der Waals surface area contributed by atoms with Crippen LogP contribution in [0, 0.1) is 0 Å². The Hall–Kier alpha value is -3.16. The highest BCUT2D eigenvalue weighted by molar-refractivity contribution is 5.99. The van der Waals surface area contributed by atoms with E-state index in [0.29, 0.717) is 5.95 Å². The van der Waals surface area contributed by atoms with Crippen molar-refractivity contribution >= 4 is 29.0 Å². The van der Waals surface area contributed by atoms with Crippen LogP contribution in [0.5, 0.6) is 6.01 Å². The number of para-hydroxylation sites is 1. The summed E-state index contributed by atoms with van der Waals surface area (Å²) in [5.41, 5.74) is 4.92. The van der Waals surface area contributed by atoms with Crippen LogP contribution in [0.3, 0.4) is 0 Å². The normalized spacial score (nSPS) is 11.4. The Kier molecular flexibility index (Phi) is 5.85. The monoisotopic (exact) mass is 367 g/mol. The molecule has 0 radical (unpaired) electrons. The van der Waals surface area contributed by atoms with Crippen LogP contribution in [0.1, 0.15) is 32.3 Å². The largest absolute Gasteiger partial charge is 0.479 e. The van der Waals surface area contributed by atoms with Crippen LogP contribution in [0.25, 0.3) is 10.9 Å². The van der Waals surface area contributed by atoms with E-state index in [1.165, 1.54) is 0 Å². The van der Waals surface area contributed by atoms with Gasteiger partial charge < -0.3 is 14.6 Å². The molecular formula is C19H25N7O. The Morgan fingerprint density at radius 2 is 1.89 bits per heavy atom. The lowest BCUT2D eigenvalue weighted by Crippen LogP contribution is -2.27. The Bertz CT molecular complexity index is 929. The summed E-state index contributed by atoms with van der Waals surface area (Å²) in [6.07, 6.45) is 5.66. The summed E-state index contributed by atoms with van der Waals surface area (Å²) in [5, 5.41) is 15.2. The Morgan fingerprint density at radius 1 is 1.15 bits per heavy atom.